The number of aryl methyl sites for hydroxylation is 1. The van der Waals surface area contributed by atoms with Crippen molar-refractivity contribution in [2.24, 2.45) is 0 Å². The van der Waals surface area contributed by atoms with E-state index in [1.165, 1.54) is 11.1 Å². The second kappa shape index (κ2) is 9.99. The van der Waals surface area contributed by atoms with Gasteiger partial charge in [0.05, 0.1) is 18.9 Å². The number of hydrogen-bond donors (Lipinski definition) is 1. The zero-order valence-corrected chi connectivity index (χ0v) is 15.8. The fourth-order valence-corrected chi connectivity index (χ4v) is 3.10. The molecule has 2 aromatic rings. The Morgan fingerprint density at radius 2 is 1.88 bits per heavy atom. The summed E-state index contributed by atoms with van der Waals surface area (Å²) >= 11 is 1.62. The van der Waals surface area contributed by atoms with Crippen LogP contribution in [-0.4, -0.2) is 31.4 Å². The smallest absolute Gasteiger partial charge is 0.230 e. The Morgan fingerprint density at radius 3 is 2.56 bits per heavy atom. The van der Waals surface area contributed by atoms with E-state index in [2.05, 4.69) is 30.4 Å². The van der Waals surface area contributed by atoms with Crippen LogP contribution in [0.5, 0.6) is 11.5 Å². The third kappa shape index (κ3) is 7.10. The molecule has 0 aliphatic rings. The predicted octanol–water partition coefficient (Wildman–Crippen LogP) is 3.82. The summed E-state index contributed by atoms with van der Waals surface area (Å²) in [4.78, 5) is 12.0. The molecule has 25 heavy (non-hydrogen) atoms. The van der Waals surface area contributed by atoms with Crippen molar-refractivity contribution in [2.45, 2.75) is 25.6 Å². The summed E-state index contributed by atoms with van der Waals surface area (Å²) in [7, 11) is 1.63. The standard InChI is InChI=1S/C20H25NO3S/c1-15-5-4-6-17(11-15)13-25-14-20(22)21-16(2)12-24-19-9-7-18(23-3)8-10-19/h4-11,16H,12-14H2,1-3H3,(H,21,22). The van der Waals surface area contributed by atoms with Gasteiger partial charge in [-0.25, -0.2) is 0 Å². The molecule has 5 heteroatoms. The Morgan fingerprint density at radius 1 is 1.16 bits per heavy atom. The molecule has 0 radical (unpaired) electrons. The van der Waals surface area contributed by atoms with Crippen LogP contribution in [0.1, 0.15) is 18.1 Å². The zero-order valence-electron chi connectivity index (χ0n) is 15.0. The third-order valence-corrected chi connectivity index (χ3v) is 4.55. The lowest BCUT2D eigenvalue weighted by molar-refractivity contribution is -0.119. The van der Waals surface area contributed by atoms with Crippen molar-refractivity contribution < 1.29 is 14.3 Å². The highest BCUT2D eigenvalue weighted by atomic mass is 32.2. The minimum absolute atomic E-state index is 0.0310. The Kier molecular flexibility index (Phi) is 7.67. The van der Waals surface area contributed by atoms with E-state index in [-0.39, 0.29) is 11.9 Å². The molecule has 0 aliphatic heterocycles. The molecule has 1 N–H and O–H groups in total. The molecule has 0 bridgehead atoms. The second-order valence-corrected chi connectivity index (χ2v) is 6.92. The maximum Gasteiger partial charge on any atom is 0.230 e. The van der Waals surface area contributed by atoms with E-state index in [4.69, 9.17) is 9.47 Å². The molecule has 2 aromatic carbocycles. The molecule has 1 unspecified atom stereocenters. The molecule has 0 aliphatic carbocycles. The van der Waals surface area contributed by atoms with Gasteiger partial charge < -0.3 is 14.8 Å². The topological polar surface area (TPSA) is 47.6 Å². The first-order chi connectivity index (χ1) is 12.1. The van der Waals surface area contributed by atoms with Gasteiger partial charge in [-0.05, 0) is 43.7 Å². The summed E-state index contributed by atoms with van der Waals surface area (Å²) in [5.41, 5.74) is 2.49. The lowest BCUT2D eigenvalue weighted by Gasteiger charge is -2.15. The highest BCUT2D eigenvalue weighted by Gasteiger charge is 2.08. The number of carbonyl (C=O) groups excluding carboxylic acids is 1. The molecular formula is C20H25NO3S. The highest BCUT2D eigenvalue weighted by Crippen LogP contribution is 2.17. The molecule has 0 heterocycles. The molecule has 0 fully saturated rings. The van der Waals surface area contributed by atoms with E-state index < -0.39 is 0 Å². The van der Waals surface area contributed by atoms with Gasteiger partial charge in [0.2, 0.25) is 5.91 Å². The molecule has 0 spiro atoms. The summed E-state index contributed by atoms with van der Waals surface area (Å²) in [5, 5.41) is 2.96. The van der Waals surface area contributed by atoms with Crippen molar-refractivity contribution in [3.63, 3.8) is 0 Å². The van der Waals surface area contributed by atoms with Crippen LogP contribution in [0.3, 0.4) is 0 Å². The van der Waals surface area contributed by atoms with Crippen molar-refractivity contribution in [2.75, 3.05) is 19.5 Å². The number of carbonyl (C=O) groups is 1. The van der Waals surface area contributed by atoms with E-state index in [9.17, 15) is 4.79 Å². The molecule has 0 saturated heterocycles. The van der Waals surface area contributed by atoms with Crippen LogP contribution in [0, 0.1) is 6.92 Å². The normalized spacial score (nSPS) is 11.6. The molecule has 4 nitrogen and oxygen atoms in total. The predicted molar refractivity (Wildman–Crippen MR) is 103 cm³/mol. The van der Waals surface area contributed by atoms with E-state index in [1.807, 2.05) is 37.3 Å². The summed E-state index contributed by atoms with van der Waals surface area (Å²) < 4.78 is 10.8. The van der Waals surface area contributed by atoms with Crippen molar-refractivity contribution in [1.29, 1.82) is 0 Å². The quantitative estimate of drug-likeness (QED) is 0.739. The van der Waals surface area contributed by atoms with Gasteiger partial charge in [-0.15, -0.1) is 11.8 Å². The number of ether oxygens (including phenoxy) is 2. The van der Waals surface area contributed by atoms with Crippen LogP contribution in [0.25, 0.3) is 0 Å². The van der Waals surface area contributed by atoms with E-state index in [0.29, 0.717) is 12.4 Å². The maximum atomic E-state index is 12.0. The first-order valence-corrected chi connectivity index (χ1v) is 9.42. The van der Waals surface area contributed by atoms with Gasteiger partial charge in [-0.2, -0.15) is 0 Å². The minimum Gasteiger partial charge on any atom is -0.497 e. The fourth-order valence-electron chi connectivity index (χ4n) is 2.31. The third-order valence-electron chi connectivity index (χ3n) is 3.55. The van der Waals surface area contributed by atoms with Crippen LogP contribution in [0.2, 0.25) is 0 Å². The van der Waals surface area contributed by atoms with Crippen LogP contribution in [-0.2, 0) is 10.5 Å². The van der Waals surface area contributed by atoms with Crippen LogP contribution >= 0.6 is 11.8 Å². The molecule has 0 aromatic heterocycles. The van der Waals surface area contributed by atoms with Crippen molar-refractivity contribution in [3.8, 4) is 11.5 Å². The Hall–Kier alpha value is -2.14. The Balaban J connectivity index is 1.65. The van der Waals surface area contributed by atoms with Crippen LogP contribution in [0.4, 0.5) is 0 Å². The molecule has 134 valence electrons. The Labute approximate surface area is 153 Å². The van der Waals surface area contributed by atoms with Crippen molar-refractivity contribution in [3.05, 3.63) is 59.7 Å². The maximum absolute atomic E-state index is 12.0. The molecule has 1 amide bonds. The van der Waals surface area contributed by atoms with E-state index >= 15 is 0 Å². The molecular weight excluding hydrogens is 334 g/mol. The monoisotopic (exact) mass is 359 g/mol. The van der Waals surface area contributed by atoms with Crippen molar-refractivity contribution >= 4 is 17.7 Å². The van der Waals surface area contributed by atoms with Gasteiger partial charge >= 0.3 is 0 Å². The number of hydrogen-bond acceptors (Lipinski definition) is 4. The number of amides is 1. The summed E-state index contributed by atoms with van der Waals surface area (Å²) in [6.07, 6.45) is 0. The molecule has 0 saturated carbocycles. The largest absolute Gasteiger partial charge is 0.497 e. The van der Waals surface area contributed by atoms with Gasteiger partial charge in [0.15, 0.2) is 0 Å². The average Bonchev–Trinajstić information content (AvgIpc) is 2.60. The average molecular weight is 359 g/mol. The number of thioether (sulfide) groups is 1. The minimum atomic E-state index is -0.0471. The lowest BCUT2D eigenvalue weighted by atomic mass is 10.2. The van der Waals surface area contributed by atoms with Gasteiger partial charge in [-0.3, -0.25) is 4.79 Å². The number of nitrogens with one attached hydrogen (secondary N) is 1. The fraction of sp³-hybridized carbons (Fsp3) is 0.350. The highest BCUT2D eigenvalue weighted by molar-refractivity contribution is 7.99. The SMILES string of the molecule is COc1ccc(OCC(C)NC(=O)CSCc2cccc(C)c2)cc1. The van der Waals surface area contributed by atoms with Crippen LogP contribution in [0.15, 0.2) is 48.5 Å². The Bertz CT molecular complexity index is 673. The van der Waals surface area contributed by atoms with Gasteiger partial charge in [-0.1, -0.05) is 29.8 Å². The first kappa shape index (κ1) is 19.2. The summed E-state index contributed by atoms with van der Waals surface area (Å²) in [6, 6.07) is 15.7. The lowest BCUT2D eigenvalue weighted by Crippen LogP contribution is -2.37. The second-order valence-electron chi connectivity index (χ2n) is 5.94. The van der Waals surface area contributed by atoms with Gasteiger partial charge in [0, 0.05) is 5.75 Å². The van der Waals surface area contributed by atoms with Gasteiger partial charge in [0.1, 0.15) is 18.1 Å². The number of rotatable bonds is 9. The molecule has 1 atom stereocenters. The van der Waals surface area contributed by atoms with Crippen molar-refractivity contribution in [1.82, 2.24) is 5.32 Å². The molecule has 2 rings (SSSR count). The number of methoxy groups -OCH3 is 1. The van der Waals surface area contributed by atoms with E-state index in [1.54, 1.807) is 18.9 Å². The first-order valence-electron chi connectivity index (χ1n) is 8.26. The van der Waals surface area contributed by atoms with Crippen LogP contribution < -0.4 is 14.8 Å². The van der Waals surface area contributed by atoms with E-state index in [0.717, 1.165) is 17.3 Å². The zero-order chi connectivity index (χ0) is 18.1. The summed E-state index contributed by atoms with van der Waals surface area (Å²) in [6.45, 7) is 4.44. The van der Waals surface area contributed by atoms with Gasteiger partial charge in [0.25, 0.3) is 0 Å². The summed E-state index contributed by atoms with van der Waals surface area (Å²) in [5.74, 6) is 2.87. The number of benzene rings is 2.